The summed E-state index contributed by atoms with van der Waals surface area (Å²) in [6.45, 7) is 3.17. The summed E-state index contributed by atoms with van der Waals surface area (Å²) in [6, 6.07) is 8.71. The first kappa shape index (κ1) is 10.4. The lowest BCUT2D eigenvalue weighted by molar-refractivity contribution is 0.718. The maximum absolute atomic E-state index is 5.77. The van der Waals surface area contributed by atoms with Crippen molar-refractivity contribution in [3.05, 3.63) is 29.8 Å². The Balaban J connectivity index is 2.30. The summed E-state index contributed by atoms with van der Waals surface area (Å²) in [4.78, 5) is 2.94. The van der Waals surface area contributed by atoms with E-state index in [2.05, 4.69) is 36.1 Å². The normalized spacial score (nSPS) is 16.2. The van der Waals surface area contributed by atoms with Crippen LogP contribution in [-0.2, 0) is 6.42 Å². The maximum atomic E-state index is 5.77. The van der Waals surface area contributed by atoms with Gasteiger partial charge in [0.25, 0.3) is 0 Å². The molecule has 0 saturated carbocycles. The molecule has 1 aliphatic rings. The summed E-state index contributed by atoms with van der Waals surface area (Å²) in [5.41, 5.74) is 8.49. The van der Waals surface area contributed by atoms with Crippen molar-refractivity contribution in [2.24, 2.45) is 5.73 Å². The largest absolute Gasteiger partial charge is 0.392 e. The average Bonchev–Trinajstić information content (AvgIpc) is 2.63. The zero-order chi connectivity index (χ0) is 10.8. The Morgan fingerprint density at radius 1 is 1.53 bits per heavy atom. The van der Waals surface area contributed by atoms with Crippen molar-refractivity contribution in [2.45, 2.75) is 25.8 Å². The molecule has 1 unspecified atom stereocenters. The number of nitrogens with two attached hydrogens (primary N) is 1. The molecule has 0 radical (unpaired) electrons. The molecule has 0 aliphatic carbocycles. The molecule has 0 bridgehead atoms. The minimum atomic E-state index is 0.212. The van der Waals surface area contributed by atoms with Crippen LogP contribution in [0.25, 0.3) is 0 Å². The van der Waals surface area contributed by atoms with Crippen molar-refractivity contribution in [2.75, 3.05) is 11.4 Å². The number of thiocarbonyl (C=S) groups is 1. The van der Waals surface area contributed by atoms with Gasteiger partial charge in [0, 0.05) is 12.2 Å². The summed E-state index contributed by atoms with van der Waals surface area (Å²) in [6.07, 6.45) is 2.08. The minimum absolute atomic E-state index is 0.212. The first-order valence-electron chi connectivity index (χ1n) is 5.38. The smallest absolute Gasteiger partial charge is 0.0955 e. The molecule has 1 aromatic carbocycles. The molecule has 3 heteroatoms. The molecule has 0 fully saturated rings. The molecule has 2 nitrogen and oxygen atoms in total. The maximum Gasteiger partial charge on any atom is 0.0955 e. The zero-order valence-electron chi connectivity index (χ0n) is 8.94. The van der Waals surface area contributed by atoms with Gasteiger partial charge in [-0.15, -0.1) is 0 Å². The van der Waals surface area contributed by atoms with Gasteiger partial charge in [0.15, 0.2) is 0 Å². The van der Waals surface area contributed by atoms with Crippen LogP contribution in [0.4, 0.5) is 5.69 Å². The Hall–Kier alpha value is -1.09. The zero-order valence-corrected chi connectivity index (χ0v) is 9.76. The highest BCUT2D eigenvalue weighted by molar-refractivity contribution is 7.80. The first-order valence-corrected chi connectivity index (χ1v) is 5.78. The predicted octanol–water partition coefficient (Wildman–Crippen LogP) is 2.11. The number of hydrogen-bond donors (Lipinski definition) is 1. The third-order valence-electron chi connectivity index (χ3n) is 3.01. The summed E-state index contributed by atoms with van der Waals surface area (Å²) >= 11 is 5.12. The van der Waals surface area contributed by atoms with Crippen LogP contribution < -0.4 is 10.6 Å². The van der Waals surface area contributed by atoms with Gasteiger partial charge in [0.2, 0.25) is 0 Å². The van der Waals surface area contributed by atoms with Gasteiger partial charge in [-0.05, 0) is 24.5 Å². The van der Waals surface area contributed by atoms with E-state index in [9.17, 15) is 0 Å². The minimum Gasteiger partial charge on any atom is -0.392 e. The molecule has 15 heavy (non-hydrogen) atoms. The number of para-hydroxylation sites is 1. The lowest BCUT2D eigenvalue weighted by Gasteiger charge is -2.28. The number of rotatable bonds is 3. The van der Waals surface area contributed by atoms with Crippen LogP contribution in [0.15, 0.2) is 24.3 Å². The number of hydrogen-bond acceptors (Lipinski definition) is 2. The lowest BCUT2D eigenvalue weighted by atomic mass is 10.1. The Morgan fingerprint density at radius 3 is 2.93 bits per heavy atom. The van der Waals surface area contributed by atoms with E-state index in [4.69, 9.17) is 18.0 Å². The van der Waals surface area contributed by atoms with E-state index < -0.39 is 0 Å². The SMILES string of the molecule is CCC(C(N)=S)N1CCc2ccccc21. The van der Waals surface area contributed by atoms with E-state index in [0.717, 1.165) is 19.4 Å². The standard InChI is InChI=1S/C12H16N2S/c1-2-10(12(13)15)14-8-7-9-5-3-4-6-11(9)14/h3-6,10H,2,7-8H2,1H3,(H2,13,15). The molecule has 2 rings (SSSR count). The fraction of sp³-hybridized carbons (Fsp3) is 0.417. The van der Waals surface area contributed by atoms with E-state index in [1.54, 1.807) is 0 Å². The molecule has 1 heterocycles. The Bertz CT molecular complexity index is 376. The molecule has 1 aromatic rings. The van der Waals surface area contributed by atoms with Gasteiger partial charge in [-0.3, -0.25) is 0 Å². The van der Waals surface area contributed by atoms with Gasteiger partial charge in [0.05, 0.1) is 11.0 Å². The summed E-state index contributed by atoms with van der Waals surface area (Å²) < 4.78 is 0. The van der Waals surface area contributed by atoms with Gasteiger partial charge >= 0.3 is 0 Å². The van der Waals surface area contributed by atoms with Gasteiger partial charge in [-0.2, -0.15) is 0 Å². The molecule has 1 aliphatic heterocycles. The Morgan fingerprint density at radius 2 is 2.27 bits per heavy atom. The summed E-state index contributed by atoms with van der Waals surface area (Å²) in [5.74, 6) is 0. The summed E-state index contributed by atoms with van der Waals surface area (Å²) in [7, 11) is 0. The van der Waals surface area contributed by atoms with Crippen LogP contribution in [-0.4, -0.2) is 17.6 Å². The highest BCUT2D eigenvalue weighted by atomic mass is 32.1. The fourth-order valence-corrected chi connectivity index (χ4v) is 2.56. The summed E-state index contributed by atoms with van der Waals surface area (Å²) in [5, 5.41) is 0. The quantitative estimate of drug-likeness (QED) is 0.791. The second-order valence-electron chi connectivity index (χ2n) is 3.90. The van der Waals surface area contributed by atoms with Crippen LogP contribution in [0.2, 0.25) is 0 Å². The molecular formula is C12H16N2S. The van der Waals surface area contributed by atoms with Crippen LogP contribution in [0, 0.1) is 0 Å². The van der Waals surface area contributed by atoms with E-state index in [-0.39, 0.29) is 6.04 Å². The predicted molar refractivity (Wildman–Crippen MR) is 68.4 cm³/mol. The van der Waals surface area contributed by atoms with Crippen molar-refractivity contribution >= 4 is 22.9 Å². The van der Waals surface area contributed by atoms with Crippen molar-refractivity contribution in [1.82, 2.24) is 0 Å². The fourth-order valence-electron chi connectivity index (χ4n) is 2.26. The molecule has 1 atom stereocenters. The van der Waals surface area contributed by atoms with E-state index in [1.165, 1.54) is 11.3 Å². The highest BCUT2D eigenvalue weighted by Crippen LogP contribution is 2.29. The van der Waals surface area contributed by atoms with Crippen LogP contribution in [0.5, 0.6) is 0 Å². The van der Waals surface area contributed by atoms with Crippen LogP contribution in [0.1, 0.15) is 18.9 Å². The van der Waals surface area contributed by atoms with Gasteiger partial charge < -0.3 is 10.6 Å². The highest BCUT2D eigenvalue weighted by Gasteiger charge is 2.25. The first-order chi connectivity index (χ1) is 7.24. The van der Waals surface area contributed by atoms with E-state index in [1.807, 2.05) is 0 Å². The molecule has 0 spiro atoms. The van der Waals surface area contributed by atoms with E-state index >= 15 is 0 Å². The molecule has 0 saturated heterocycles. The van der Waals surface area contributed by atoms with Crippen molar-refractivity contribution in [3.63, 3.8) is 0 Å². The topological polar surface area (TPSA) is 29.3 Å². The molecular weight excluding hydrogens is 204 g/mol. The van der Waals surface area contributed by atoms with Crippen LogP contribution >= 0.6 is 12.2 Å². The number of benzene rings is 1. The van der Waals surface area contributed by atoms with Gasteiger partial charge in [-0.1, -0.05) is 37.3 Å². The van der Waals surface area contributed by atoms with E-state index in [0.29, 0.717) is 4.99 Å². The second-order valence-corrected chi connectivity index (χ2v) is 4.37. The van der Waals surface area contributed by atoms with Gasteiger partial charge in [0.1, 0.15) is 0 Å². The van der Waals surface area contributed by atoms with Crippen molar-refractivity contribution in [3.8, 4) is 0 Å². The average molecular weight is 220 g/mol. The number of anilines is 1. The van der Waals surface area contributed by atoms with Gasteiger partial charge in [-0.25, -0.2) is 0 Å². The lowest BCUT2D eigenvalue weighted by Crippen LogP contribution is -2.42. The monoisotopic (exact) mass is 220 g/mol. The molecule has 0 amide bonds. The third-order valence-corrected chi connectivity index (χ3v) is 3.29. The molecule has 80 valence electrons. The van der Waals surface area contributed by atoms with Crippen LogP contribution in [0.3, 0.4) is 0 Å². The Labute approximate surface area is 96.1 Å². The molecule has 0 aromatic heterocycles. The van der Waals surface area contributed by atoms with Crippen molar-refractivity contribution < 1.29 is 0 Å². The number of nitrogens with zero attached hydrogens (tertiary/aromatic N) is 1. The second kappa shape index (κ2) is 4.19. The molecule has 2 N–H and O–H groups in total. The van der Waals surface area contributed by atoms with Crippen molar-refractivity contribution in [1.29, 1.82) is 0 Å². The number of fused-ring (bicyclic) bond motifs is 1. The Kier molecular flexibility index (Phi) is 2.91. The third kappa shape index (κ3) is 1.84.